The van der Waals surface area contributed by atoms with E-state index >= 15 is 0 Å². The Hall–Kier alpha value is -0.610. The van der Waals surface area contributed by atoms with E-state index in [1.54, 1.807) is 0 Å². The number of hydrogen-bond donors (Lipinski definition) is 3. The molecule has 0 aliphatic heterocycles. The number of carbonyl (C=O) groups is 1. The summed E-state index contributed by atoms with van der Waals surface area (Å²) in [7, 11) is 0. The van der Waals surface area contributed by atoms with Crippen LogP contribution < -0.4 is 11.1 Å². The zero-order valence-corrected chi connectivity index (χ0v) is 10.7. The van der Waals surface area contributed by atoms with Gasteiger partial charge in [-0.3, -0.25) is 4.79 Å². The summed E-state index contributed by atoms with van der Waals surface area (Å²) < 4.78 is 0. The van der Waals surface area contributed by atoms with Gasteiger partial charge >= 0.3 is 0 Å². The topological polar surface area (TPSA) is 75.4 Å². The van der Waals surface area contributed by atoms with Crippen molar-refractivity contribution >= 4 is 5.91 Å². The Kier molecular flexibility index (Phi) is 3.46. The maximum Gasteiger partial charge on any atom is 0.240 e. The zero-order chi connectivity index (χ0) is 12.5. The van der Waals surface area contributed by atoms with Crippen molar-refractivity contribution in [1.82, 2.24) is 5.32 Å². The molecule has 0 aromatic rings. The van der Waals surface area contributed by atoms with E-state index in [1.165, 1.54) is 0 Å². The Morgan fingerprint density at radius 3 is 2.59 bits per heavy atom. The molecular weight excluding hydrogens is 216 g/mol. The molecule has 0 heterocycles. The van der Waals surface area contributed by atoms with Crippen molar-refractivity contribution < 1.29 is 9.90 Å². The lowest BCUT2D eigenvalue weighted by atomic mass is 9.73. The molecule has 0 radical (unpaired) electrons. The molecular formula is C13H24N2O2. The van der Waals surface area contributed by atoms with Gasteiger partial charge in [0.1, 0.15) is 0 Å². The molecule has 2 atom stereocenters. The number of amides is 1. The third-order valence-electron chi connectivity index (χ3n) is 4.48. The van der Waals surface area contributed by atoms with E-state index < -0.39 is 5.54 Å². The molecule has 2 rings (SSSR count). The number of nitrogens with two attached hydrogens (primary N) is 1. The van der Waals surface area contributed by atoms with Gasteiger partial charge in [-0.25, -0.2) is 0 Å². The van der Waals surface area contributed by atoms with Gasteiger partial charge in [-0.2, -0.15) is 0 Å². The van der Waals surface area contributed by atoms with Crippen LogP contribution in [-0.4, -0.2) is 28.7 Å². The average molecular weight is 240 g/mol. The third-order valence-corrected chi connectivity index (χ3v) is 4.48. The van der Waals surface area contributed by atoms with Gasteiger partial charge in [0.25, 0.3) is 0 Å². The summed E-state index contributed by atoms with van der Waals surface area (Å²) in [5.41, 5.74) is 5.16. The molecule has 0 spiro atoms. The highest BCUT2D eigenvalue weighted by molar-refractivity contribution is 5.87. The molecule has 2 fully saturated rings. The minimum atomic E-state index is -0.713. The molecule has 4 N–H and O–H groups in total. The predicted octanol–water partition coefficient (Wildman–Crippen LogP) is 0.925. The first-order valence-corrected chi connectivity index (χ1v) is 6.72. The first-order valence-electron chi connectivity index (χ1n) is 6.72. The van der Waals surface area contributed by atoms with Crippen LogP contribution in [0.1, 0.15) is 51.9 Å². The van der Waals surface area contributed by atoms with Gasteiger partial charge in [0.05, 0.1) is 17.7 Å². The second-order valence-electron chi connectivity index (χ2n) is 6.10. The van der Waals surface area contributed by atoms with Gasteiger partial charge < -0.3 is 16.2 Å². The lowest BCUT2D eigenvalue weighted by Crippen LogP contribution is -2.64. The fraction of sp³-hybridized carbons (Fsp3) is 0.923. The molecule has 4 heteroatoms. The molecule has 17 heavy (non-hydrogen) atoms. The fourth-order valence-electron chi connectivity index (χ4n) is 3.09. The van der Waals surface area contributed by atoms with Crippen molar-refractivity contribution in [3.05, 3.63) is 0 Å². The normalized spacial score (nSPS) is 36.1. The second kappa shape index (κ2) is 4.58. The summed E-state index contributed by atoms with van der Waals surface area (Å²) in [6, 6.07) is 0. The summed E-state index contributed by atoms with van der Waals surface area (Å²) in [6.07, 6.45) is 6.55. The summed E-state index contributed by atoms with van der Waals surface area (Å²) in [4.78, 5) is 12.3. The first-order chi connectivity index (χ1) is 8.00. The van der Waals surface area contributed by atoms with Crippen molar-refractivity contribution in [3.8, 4) is 0 Å². The molecule has 2 unspecified atom stereocenters. The summed E-state index contributed by atoms with van der Waals surface area (Å²) >= 11 is 0. The van der Waals surface area contributed by atoms with Gasteiger partial charge in [-0.15, -0.1) is 0 Å². The van der Waals surface area contributed by atoms with Gasteiger partial charge in [-0.05, 0) is 38.0 Å². The van der Waals surface area contributed by atoms with Crippen molar-refractivity contribution in [3.63, 3.8) is 0 Å². The lowest BCUT2D eigenvalue weighted by Gasteiger charge is -2.44. The molecule has 2 aliphatic carbocycles. The third kappa shape index (κ3) is 2.47. The van der Waals surface area contributed by atoms with Gasteiger partial charge in [0.2, 0.25) is 5.91 Å². The highest BCUT2D eigenvalue weighted by Gasteiger charge is 2.44. The van der Waals surface area contributed by atoms with E-state index in [9.17, 15) is 9.90 Å². The fourth-order valence-corrected chi connectivity index (χ4v) is 3.09. The Balaban J connectivity index is 1.98. The Labute approximate surface area is 103 Å². The van der Waals surface area contributed by atoms with Crippen LogP contribution >= 0.6 is 0 Å². The quantitative estimate of drug-likeness (QED) is 0.687. The number of carbonyl (C=O) groups excluding carboxylic acids is 1. The smallest absolute Gasteiger partial charge is 0.240 e. The minimum absolute atomic E-state index is 0.0321. The molecule has 0 saturated heterocycles. The van der Waals surface area contributed by atoms with E-state index in [2.05, 4.69) is 12.2 Å². The maximum absolute atomic E-state index is 12.3. The van der Waals surface area contributed by atoms with Crippen LogP contribution in [0.2, 0.25) is 0 Å². The molecule has 98 valence electrons. The standard InChI is InChI=1S/C13H24N2O2/c1-10-4-2-7-13(14,8-10)11(17)15-12(9-16)5-3-6-12/h10,16H,2-9,14H2,1H3,(H,15,17). The largest absolute Gasteiger partial charge is 0.394 e. The Morgan fingerprint density at radius 2 is 2.12 bits per heavy atom. The molecule has 4 nitrogen and oxygen atoms in total. The minimum Gasteiger partial charge on any atom is -0.394 e. The molecule has 1 amide bonds. The van der Waals surface area contributed by atoms with Crippen molar-refractivity contribution in [2.24, 2.45) is 11.7 Å². The van der Waals surface area contributed by atoms with E-state index in [4.69, 9.17) is 5.73 Å². The highest BCUT2D eigenvalue weighted by atomic mass is 16.3. The number of aliphatic hydroxyl groups is 1. The van der Waals surface area contributed by atoms with Crippen LogP contribution in [0.4, 0.5) is 0 Å². The average Bonchev–Trinajstić information content (AvgIpc) is 2.22. The zero-order valence-electron chi connectivity index (χ0n) is 10.7. The van der Waals surface area contributed by atoms with Gasteiger partial charge in [0, 0.05) is 0 Å². The first kappa shape index (κ1) is 12.8. The van der Waals surface area contributed by atoms with Crippen LogP contribution in [0.3, 0.4) is 0 Å². The monoisotopic (exact) mass is 240 g/mol. The van der Waals surface area contributed by atoms with Gasteiger partial charge in [-0.1, -0.05) is 19.8 Å². The number of rotatable bonds is 3. The lowest BCUT2D eigenvalue weighted by molar-refractivity contribution is -0.132. The molecule has 0 aromatic heterocycles. The van der Waals surface area contributed by atoms with Crippen molar-refractivity contribution in [2.75, 3.05) is 6.61 Å². The highest BCUT2D eigenvalue weighted by Crippen LogP contribution is 2.34. The van der Waals surface area contributed by atoms with E-state index in [1.807, 2.05) is 0 Å². The van der Waals surface area contributed by atoms with Crippen LogP contribution in [0.5, 0.6) is 0 Å². The van der Waals surface area contributed by atoms with Crippen LogP contribution in [0, 0.1) is 5.92 Å². The number of aliphatic hydroxyl groups excluding tert-OH is 1. The molecule has 0 bridgehead atoms. The second-order valence-corrected chi connectivity index (χ2v) is 6.10. The summed E-state index contributed by atoms with van der Waals surface area (Å²) in [5.74, 6) is 0.462. The predicted molar refractivity (Wildman–Crippen MR) is 66.4 cm³/mol. The van der Waals surface area contributed by atoms with Crippen LogP contribution in [0.25, 0.3) is 0 Å². The van der Waals surface area contributed by atoms with Crippen LogP contribution in [0.15, 0.2) is 0 Å². The molecule has 0 aromatic carbocycles. The van der Waals surface area contributed by atoms with Crippen LogP contribution in [-0.2, 0) is 4.79 Å². The maximum atomic E-state index is 12.3. The van der Waals surface area contributed by atoms with E-state index in [0.29, 0.717) is 5.92 Å². The van der Waals surface area contributed by atoms with Crippen molar-refractivity contribution in [1.29, 1.82) is 0 Å². The molecule has 2 aliphatic rings. The van der Waals surface area contributed by atoms with E-state index in [-0.39, 0.29) is 18.1 Å². The number of nitrogens with one attached hydrogen (secondary N) is 1. The van der Waals surface area contributed by atoms with Gasteiger partial charge in [0.15, 0.2) is 0 Å². The molecule has 2 saturated carbocycles. The van der Waals surface area contributed by atoms with Crippen molar-refractivity contribution in [2.45, 2.75) is 62.9 Å². The Morgan fingerprint density at radius 1 is 1.41 bits per heavy atom. The van der Waals surface area contributed by atoms with E-state index in [0.717, 1.165) is 44.9 Å². The Bertz CT molecular complexity index is 296. The number of hydrogen-bond acceptors (Lipinski definition) is 3. The summed E-state index contributed by atoms with van der Waals surface area (Å²) in [5, 5.41) is 12.4. The summed E-state index contributed by atoms with van der Waals surface area (Å²) in [6.45, 7) is 2.18. The SMILES string of the molecule is CC1CCCC(N)(C(=O)NC2(CO)CCC2)C1.